The molecule has 0 radical (unpaired) electrons. The molecule has 0 bridgehead atoms. The van der Waals surface area contributed by atoms with Crippen LogP contribution in [-0.4, -0.2) is 15.1 Å². The van der Waals surface area contributed by atoms with Gasteiger partial charge in [0.25, 0.3) is 0 Å². The Labute approximate surface area is 133 Å². The molecule has 3 nitrogen and oxygen atoms in total. The predicted octanol–water partition coefficient (Wildman–Crippen LogP) is 4.74. The Balaban J connectivity index is 1.87. The number of nitrogens with one attached hydrogen (secondary N) is 1. The molecule has 110 valence electrons. The number of aryl methyl sites for hydroxylation is 2. The van der Waals surface area contributed by atoms with E-state index in [-0.39, 0.29) is 0 Å². The van der Waals surface area contributed by atoms with Crippen LogP contribution in [0.2, 0.25) is 0 Å². The SMILES string of the molecule is CCSc1ccccc1NCc1c(C)nc2scc(C)n12. The first-order chi connectivity index (χ1) is 10.2. The van der Waals surface area contributed by atoms with E-state index in [0.717, 1.165) is 23.0 Å². The molecule has 1 N–H and O–H groups in total. The number of rotatable bonds is 5. The highest BCUT2D eigenvalue weighted by atomic mass is 32.2. The summed E-state index contributed by atoms with van der Waals surface area (Å²) in [7, 11) is 0. The van der Waals surface area contributed by atoms with Crippen LogP contribution in [-0.2, 0) is 6.54 Å². The summed E-state index contributed by atoms with van der Waals surface area (Å²) >= 11 is 3.57. The maximum absolute atomic E-state index is 4.64. The van der Waals surface area contributed by atoms with E-state index in [1.54, 1.807) is 11.3 Å². The minimum Gasteiger partial charge on any atom is -0.378 e. The molecule has 2 heterocycles. The molecule has 3 aromatic rings. The Bertz CT molecular complexity index is 758. The van der Waals surface area contributed by atoms with Crippen molar-refractivity contribution in [3.63, 3.8) is 0 Å². The second-order valence-electron chi connectivity index (χ2n) is 4.92. The molecule has 0 amide bonds. The summed E-state index contributed by atoms with van der Waals surface area (Å²) in [4.78, 5) is 7.03. The first-order valence-electron chi connectivity index (χ1n) is 7.08. The first kappa shape index (κ1) is 14.5. The van der Waals surface area contributed by atoms with Crippen molar-refractivity contribution >= 4 is 33.7 Å². The Hall–Kier alpha value is -1.46. The van der Waals surface area contributed by atoms with Crippen LogP contribution in [0.25, 0.3) is 4.96 Å². The van der Waals surface area contributed by atoms with Gasteiger partial charge in [0.1, 0.15) is 0 Å². The van der Waals surface area contributed by atoms with Gasteiger partial charge in [-0.2, -0.15) is 0 Å². The zero-order valence-corrected chi connectivity index (χ0v) is 14.1. The number of aromatic nitrogens is 2. The van der Waals surface area contributed by atoms with Crippen molar-refractivity contribution in [1.29, 1.82) is 0 Å². The van der Waals surface area contributed by atoms with Gasteiger partial charge in [-0.05, 0) is 31.7 Å². The van der Waals surface area contributed by atoms with Gasteiger partial charge in [-0.15, -0.1) is 23.1 Å². The third-order valence-electron chi connectivity index (χ3n) is 3.46. The van der Waals surface area contributed by atoms with Crippen LogP contribution in [0.1, 0.15) is 24.0 Å². The first-order valence-corrected chi connectivity index (χ1v) is 8.95. The lowest BCUT2D eigenvalue weighted by atomic mass is 10.3. The van der Waals surface area contributed by atoms with Crippen molar-refractivity contribution in [2.45, 2.75) is 32.2 Å². The van der Waals surface area contributed by atoms with Gasteiger partial charge in [0.2, 0.25) is 0 Å². The van der Waals surface area contributed by atoms with Crippen LogP contribution in [0.5, 0.6) is 0 Å². The number of hydrogen-bond donors (Lipinski definition) is 1. The second kappa shape index (κ2) is 6.12. The van der Waals surface area contributed by atoms with E-state index in [1.165, 1.54) is 22.0 Å². The van der Waals surface area contributed by atoms with Crippen molar-refractivity contribution in [3.8, 4) is 0 Å². The molecule has 0 unspecified atom stereocenters. The smallest absolute Gasteiger partial charge is 0.194 e. The van der Waals surface area contributed by atoms with Crippen molar-refractivity contribution in [3.05, 3.63) is 46.7 Å². The minimum atomic E-state index is 0.797. The number of hydrogen-bond acceptors (Lipinski definition) is 4. The number of anilines is 1. The maximum Gasteiger partial charge on any atom is 0.194 e. The van der Waals surface area contributed by atoms with Crippen molar-refractivity contribution in [1.82, 2.24) is 9.38 Å². The Morgan fingerprint density at radius 1 is 1.29 bits per heavy atom. The predicted molar refractivity (Wildman–Crippen MR) is 92.7 cm³/mol. The zero-order chi connectivity index (χ0) is 14.8. The quantitative estimate of drug-likeness (QED) is 0.689. The average Bonchev–Trinajstić information content (AvgIpc) is 2.98. The highest BCUT2D eigenvalue weighted by Crippen LogP contribution is 2.28. The van der Waals surface area contributed by atoms with E-state index >= 15 is 0 Å². The van der Waals surface area contributed by atoms with Gasteiger partial charge < -0.3 is 5.32 Å². The minimum absolute atomic E-state index is 0.797. The van der Waals surface area contributed by atoms with E-state index in [1.807, 2.05) is 11.8 Å². The van der Waals surface area contributed by atoms with Crippen LogP contribution < -0.4 is 5.32 Å². The molecular weight excluding hydrogens is 298 g/mol. The number of fused-ring (bicyclic) bond motifs is 1. The lowest BCUT2D eigenvalue weighted by Gasteiger charge is -2.11. The molecule has 1 aromatic carbocycles. The third-order valence-corrected chi connectivity index (χ3v) is 5.36. The normalized spacial score (nSPS) is 11.2. The van der Waals surface area contributed by atoms with E-state index in [4.69, 9.17) is 0 Å². The molecular formula is C16H19N3S2. The van der Waals surface area contributed by atoms with E-state index in [0.29, 0.717) is 0 Å². The van der Waals surface area contributed by atoms with Crippen molar-refractivity contribution in [2.75, 3.05) is 11.1 Å². The number of nitrogens with zero attached hydrogens (tertiary/aromatic N) is 2. The maximum atomic E-state index is 4.64. The number of thioether (sulfide) groups is 1. The fraction of sp³-hybridized carbons (Fsp3) is 0.312. The second-order valence-corrected chi connectivity index (χ2v) is 7.06. The molecule has 0 saturated carbocycles. The van der Waals surface area contributed by atoms with Crippen LogP contribution in [0, 0.1) is 13.8 Å². The summed E-state index contributed by atoms with van der Waals surface area (Å²) in [5.41, 5.74) is 4.81. The monoisotopic (exact) mass is 317 g/mol. The van der Waals surface area contributed by atoms with Gasteiger partial charge in [0, 0.05) is 21.7 Å². The van der Waals surface area contributed by atoms with Crippen molar-refractivity contribution in [2.24, 2.45) is 0 Å². The summed E-state index contributed by atoms with van der Waals surface area (Å²) in [6, 6.07) is 8.49. The lowest BCUT2D eigenvalue weighted by Crippen LogP contribution is -2.05. The lowest BCUT2D eigenvalue weighted by molar-refractivity contribution is 0.963. The summed E-state index contributed by atoms with van der Waals surface area (Å²) in [6.45, 7) is 7.20. The van der Waals surface area contributed by atoms with Crippen LogP contribution in [0.15, 0.2) is 34.5 Å². The summed E-state index contributed by atoms with van der Waals surface area (Å²) in [6.07, 6.45) is 0. The molecule has 5 heteroatoms. The summed E-state index contributed by atoms with van der Waals surface area (Å²) in [5, 5.41) is 5.73. The molecule has 0 aliphatic heterocycles. The van der Waals surface area contributed by atoms with Gasteiger partial charge in [-0.3, -0.25) is 4.40 Å². The number of thiazole rings is 1. The van der Waals surface area contributed by atoms with E-state index in [2.05, 4.69) is 65.1 Å². The molecule has 3 rings (SSSR count). The number of para-hydroxylation sites is 1. The molecule has 0 atom stereocenters. The number of imidazole rings is 1. The standard InChI is InChI=1S/C16H19N3S2/c1-4-20-15-8-6-5-7-13(15)17-9-14-12(3)18-16-19(14)11(2)10-21-16/h5-8,10,17H,4,9H2,1-3H3. The van der Waals surface area contributed by atoms with Crippen LogP contribution in [0.4, 0.5) is 5.69 Å². The molecule has 0 spiro atoms. The molecule has 0 aliphatic carbocycles. The van der Waals surface area contributed by atoms with E-state index < -0.39 is 0 Å². The largest absolute Gasteiger partial charge is 0.378 e. The van der Waals surface area contributed by atoms with Crippen LogP contribution in [0.3, 0.4) is 0 Å². The summed E-state index contributed by atoms with van der Waals surface area (Å²) in [5.74, 6) is 1.08. The van der Waals surface area contributed by atoms with Gasteiger partial charge in [-0.1, -0.05) is 19.1 Å². The van der Waals surface area contributed by atoms with Gasteiger partial charge in [0.15, 0.2) is 4.96 Å². The molecule has 21 heavy (non-hydrogen) atoms. The molecule has 2 aromatic heterocycles. The fourth-order valence-electron chi connectivity index (χ4n) is 2.45. The Morgan fingerprint density at radius 2 is 2.10 bits per heavy atom. The summed E-state index contributed by atoms with van der Waals surface area (Å²) < 4.78 is 2.25. The Kier molecular flexibility index (Phi) is 4.22. The Morgan fingerprint density at radius 3 is 2.90 bits per heavy atom. The van der Waals surface area contributed by atoms with Crippen molar-refractivity contribution < 1.29 is 0 Å². The van der Waals surface area contributed by atoms with Crippen LogP contribution >= 0.6 is 23.1 Å². The molecule has 0 aliphatic rings. The fourth-order valence-corrected chi connectivity index (χ4v) is 4.16. The topological polar surface area (TPSA) is 29.3 Å². The van der Waals surface area contributed by atoms with Gasteiger partial charge in [0.05, 0.1) is 17.9 Å². The average molecular weight is 317 g/mol. The van der Waals surface area contributed by atoms with Gasteiger partial charge in [-0.25, -0.2) is 4.98 Å². The highest BCUT2D eigenvalue weighted by Gasteiger charge is 2.12. The molecule has 0 fully saturated rings. The van der Waals surface area contributed by atoms with E-state index in [9.17, 15) is 0 Å². The molecule has 0 saturated heterocycles. The number of benzene rings is 1. The third kappa shape index (κ3) is 2.80. The van der Waals surface area contributed by atoms with Gasteiger partial charge >= 0.3 is 0 Å². The highest BCUT2D eigenvalue weighted by molar-refractivity contribution is 7.99. The zero-order valence-electron chi connectivity index (χ0n) is 12.5.